The Kier molecular flexibility index (Phi) is 2.91. The fourth-order valence-electron chi connectivity index (χ4n) is 2.20. The fourth-order valence-corrected chi connectivity index (χ4v) is 2.20. The van der Waals surface area contributed by atoms with Crippen molar-refractivity contribution in [1.29, 1.82) is 0 Å². The zero-order valence-corrected chi connectivity index (χ0v) is 10.6. The largest absolute Gasteiger partial charge is 0.478 e. The molecule has 0 atom stereocenters. The average Bonchev–Trinajstić information content (AvgIpc) is 2.50. The summed E-state index contributed by atoms with van der Waals surface area (Å²) in [7, 11) is 0. The number of aromatic carboxylic acids is 1. The van der Waals surface area contributed by atoms with Gasteiger partial charge in [0, 0.05) is 5.56 Å². The van der Waals surface area contributed by atoms with Gasteiger partial charge in [-0.15, -0.1) is 10.2 Å². The standard InChI is InChI=1S/C15H8N2O4/c18-13-11-10(15(20)21)7-6-9(8-4-2-1-3-5-8)12(11)16-17-14(13)19/h1-7H,(H,20,21). The lowest BCUT2D eigenvalue weighted by Gasteiger charge is -2.14. The SMILES string of the molecule is O=C1N=Nc2c(-c3ccccc3)ccc(C(=O)O)c2C1=O. The molecule has 0 unspecified atom stereocenters. The number of carbonyl (C=O) groups is 3. The number of fused-ring (bicyclic) bond motifs is 1. The molecule has 0 fully saturated rings. The Labute approximate surface area is 118 Å². The molecule has 102 valence electrons. The Balaban J connectivity index is 2.34. The maximum absolute atomic E-state index is 12.0. The summed E-state index contributed by atoms with van der Waals surface area (Å²) in [5.41, 5.74) is 0.975. The fraction of sp³-hybridized carbons (Fsp3) is 0. The second kappa shape index (κ2) is 4.75. The summed E-state index contributed by atoms with van der Waals surface area (Å²) in [6.07, 6.45) is 0. The highest BCUT2D eigenvalue weighted by molar-refractivity contribution is 6.46. The van der Waals surface area contributed by atoms with Crippen LogP contribution in [0.25, 0.3) is 11.1 Å². The van der Waals surface area contributed by atoms with Crippen LogP contribution in [-0.4, -0.2) is 22.8 Å². The molecule has 21 heavy (non-hydrogen) atoms. The summed E-state index contributed by atoms with van der Waals surface area (Å²) in [6.45, 7) is 0. The van der Waals surface area contributed by atoms with Crippen molar-refractivity contribution in [2.75, 3.05) is 0 Å². The summed E-state index contributed by atoms with van der Waals surface area (Å²) in [4.78, 5) is 34.6. The zero-order chi connectivity index (χ0) is 15.0. The minimum atomic E-state index is -1.29. The van der Waals surface area contributed by atoms with Gasteiger partial charge in [0.25, 0.3) is 5.78 Å². The first-order valence-electron chi connectivity index (χ1n) is 6.05. The van der Waals surface area contributed by atoms with Crippen LogP contribution in [0.5, 0.6) is 0 Å². The van der Waals surface area contributed by atoms with Crippen LogP contribution in [0, 0.1) is 0 Å². The van der Waals surface area contributed by atoms with E-state index in [1.54, 1.807) is 30.3 Å². The molecule has 3 rings (SSSR count). The molecule has 0 aliphatic carbocycles. The molecule has 1 N–H and O–H groups in total. The van der Waals surface area contributed by atoms with Gasteiger partial charge >= 0.3 is 11.9 Å². The maximum atomic E-state index is 12.0. The molecule has 6 nitrogen and oxygen atoms in total. The van der Waals surface area contributed by atoms with Crippen molar-refractivity contribution in [1.82, 2.24) is 0 Å². The van der Waals surface area contributed by atoms with Crippen LogP contribution < -0.4 is 0 Å². The topological polar surface area (TPSA) is 96.2 Å². The monoisotopic (exact) mass is 280 g/mol. The Hall–Kier alpha value is -3.15. The first-order valence-corrected chi connectivity index (χ1v) is 6.05. The Morgan fingerprint density at radius 1 is 0.952 bits per heavy atom. The third-order valence-corrected chi connectivity index (χ3v) is 3.16. The number of hydrogen-bond donors (Lipinski definition) is 1. The number of Topliss-reactive ketones (excluding diaryl/α,β-unsaturated/α-hetero) is 1. The highest BCUT2D eigenvalue weighted by Gasteiger charge is 2.31. The predicted molar refractivity (Wildman–Crippen MR) is 72.7 cm³/mol. The Bertz CT molecular complexity index is 810. The van der Waals surface area contributed by atoms with Crippen molar-refractivity contribution >= 4 is 23.3 Å². The number of nitrogens with zero attached hydrogens (tertiary/aromatic N) is 2. The highest BCUT2D eigenvalue weighted by Crippen LogP contribution is 2.38. The molecular formula is C15H8N2O4. The number of carbonyl (C=O) groups excluding carboxylic acids is 2. The second-order valence-corrected chi connectivity index (χ2v) is 4.39. The average molecular weight is 280 g/mol. The number of amides is 1. The molecule has 1 aliphatic heterocycles. The second-order valence-electron chi connectivity index (χ2n) is 4.39. The molecule has 0 radical (unpaired) electrons. The van der Waals surface area contributed by atoms with E-state index in [0.29, 0.717) is 5.56 Å². The molecule has 2 aromatic rings. The van der Waals surface area contributed by atoms with Crippen molar-refractivity contribution in [2.24, 2.45) is 10.2 Å². The van der Waals surface area contributed by atoms with Crippen LogP contribution >= 0.6 is 0 Å². The Morgan fingerprint density at radius 3 is 2.33 bits per heavy atom. The van der Waals surface area contributed by atoms with E-state index in [9.17, 15) is 19.5 Å². The number of ketones is 1. The molecule has 2 aromatic carbocycles. The van der Waals surface area contributed by atoms with E-state index in [1.807, 2.05) is 6.07 Å². The Morgan fingerprint density at radius 2 is 1.67 bits per heavy atom. The van der Waals surface area contributed by atoms with E-state index >= 15 is 0 Å². The highest BCUT2D eigenvalue weighted by atomic mass is 16.4. The number of carboxylic acids is 1. The van der Waals surface area contributed by atoms with Gasteiger partial charge in [-0.05, 0) is 11.6 Å². The molecule has 0 bridgehead atoms. The van der Waals surface area contributed by atoms with E-state index in [-0.39, 0.29) is 16.8 Å². The summed E-state index contributed by atoms with van der Waals surface area (Å²) in [5, 5.41) is 16.2. The van der Waals surface area contributed by atoms with E-state index < -0.39 is 17.7 Å². The lowest BCUT2D eigenvalue weighted by atomic mass is 9.93. The molecule has 1 amide bonds. The third-order valence-electron chi connectivity index (χ3n) is 3.16. The molecule has 6 heteroatoms. The van der Waals surface area contributed by atoms with E-state index in [0.717, 1.165) is 5.56 Å². The molecule has 1 heterocycles. The third kappa shape index (κ3) is 2.02. The van der Waals surface area contributed by atoms with Gasteiger partial charge < -0.3 is 5.11 Å². The van der Waals surface area contributed by atoms with Crippen molar-refractivity contribution in [3.8, 4) is 11.1 Å². The first-order chi connectivity index (χ1) is 10.1. The zero-order valence-electron chi connectivity index (χ0n) is 10.6. The number of hydrogen-bond acceptors (Lipinski definition) is 4. The molecule has 0 spiro atoms. The van der Waals surface area contributed by atoms with Gasteiger partial charge in [0.2, 0.25) is 0 Å². The van der Waals surface area contributed by atoms with E-state index in [4.69, 9.17) is 0 Å². The number of rotatable bonds is 2. The lowest BCUT2D eigenvalue weighted by molar-refractivity contribution is -0.114. The quantitative estimate of drug-likeness (QED) is 0.855. The van der Waals surface area contributed by atoms with Crippen LogP contribution in [0.15, 0.2) is 52.7 Å². The van der Waals surface area contributed by atoms with E-state index in [2.05, 4.69) is 10.2 Å². The first kappa shape index (κ1) is 12.9. The smallest absolute Gasteiger partial charge is 0.336 e. The molecular weight excluding hydrogens is 272 g/mol. The molecule has 1 aliphatic rings. The normalized spacial score (nSPS) is 13.1. The summed E-state index contributed by atoms with van der Waals surface area (Å²) < 4.78 is 0. The maximum Gasteiger partial charge on any atom is 0.336 e. The van der Waals surface area contributed by atoms with Crippen LogP contribution in [-0.2, 0) is 4.79 Å². The van der Waals surface area contributed by atoms with Gasteiger partial charge in [0.15, 0.2) is 0 Å². The van der Waals surface area contributed by atoms with Crippen molar-refractivity contribution in [3.63, 3.8) is 0 Å². The van der Waals surface area contributed by atoms with Gasteiger partial charge in [-0.25, -0.2) is 4.79 Å². The van der Waals surface area contributed by atoms with Gasteiger partial charge in [0.1, 0.15) is 5.69 Å². The predicted octanol–water partition coefficient (Wildman–Crippen LogP) is 2.86. The van der Waals surface area contributed by atoms with Gasteiger partial charge in [-0.2, -0.15) is 0 Å². The molecule has 0 saturated heterocycles. The van der Waals surface area contributed by atoms with Crippen molar-refractivity contribution in [2.45, 2.75) is 0 Å². The van der Waals surface area contributed by atoms with Crippen molar-refractivity contribution < 1.29 is 19.5 Å². The van der Waals surface area contributed by atoms with Crippen LogP contribution in [0.1, 0.15) is 20.7 Å². The minimum Gasteiger partial charge on any atom is -0.478 e. The summed E-state index contributed by atoms with van der Waals surface area (Å²) in [5.74, 6) is -3.30. The number of benzene rings is 2. The number of carboxylic acid groups (broad SMARTS) is 1. The summed E-state index contributed by atoms with van der Waals surface area (Å²) in [6, 6.07) is 11.9. The van der Waals surface area contributed by atoms with Gasteiger partial charge in [-0.3, -0.25) is 9.59 Å². The lowest BCUT2D eigenvalue weighted by Crippen LogP contribution is -2.19. The summed E-state index contributed by atoms with van der Waals surface area (Å²) >= 11 is 0. The van der Waals surface area contributed by atoms with Crippen LogP contribution in [0.4, 0.5) is 5.69 Å². The van der Waals surface area contributed by atoms with Crippen molar-refractivity contribution in [3.05, 3.63) is 53.6 Å². The molecule has 0 aromatic heterocycles. The van der Waals surface area contributed by atoms with E-state index in [1.165, 1.54) is 6.07 Å². The van der Waals surface area contributed by atoms with Gasteiger partial charge in [-0.1, -0.05) is 36.4 Å². The van der Waals surface area contributed by atoms with Crippen LogP contribution in [0.3, 0.4) is 0 Å². The van der Waals surface area contributed by atoms with Gasteiger partial charge in [0.05, 0.1) is 11.1 Å². The molecule has 0 saturated carbocycles. The van der Waals surface area contributed by atoms with Crippen LogP contribution in [0.2, 0.25) is 0 Å². The minimum absolute atomic E-state index is 0.116. The number of azo groups is 1.